The van der Waals surface area contributed by atoms with Crippen LogP contribution in [0.1, 0.15) is 24.9 Å². The van der Waals surface area contributed by atoms with Crippen LogP contribution in [-0.4, -0.2) is 13.2 Å². The molecule has 0 radical (unpaired) electrons. The molecule has 110 valence electrons. The number of ether oxygens (including phenoxy) is 2. The summed E-state index contributed by atoms with van der Waals surface area (Å²) in [4.78, 5) is 0. The van der Waals surface area contributed by atoms with Crippen molar-refractivity contribution in [3.63, 3.8) is 0 Å². The number of nitrogens with one attached hydrogen (secondary N) is 1. The van der Waals surface area contributed by atoms with Crippen LogP contribution < -0.4 is 20.5 Å². The van der Waals surface area contributed by atoms with Crippen molar-refractivity contribution in [3.8, 4) is 11.5 Å². The standard InChI is InChI=1S/C17H20N2O2/c1-2-20-14-10-12(18)9-13(11-14)19-16-7-8-21-17-6-4-3-5-15(16)17/h3-6,9-11,16,19H,2,7-8,18H2,1H3. The molecule has 3 N–H and O–H groups in total. The van der Waals surface area contributed by atoms with E-state index in [1.807, 2.05) is 43.3 Å². The summed E-state index contributed by atoms with van der Waals surface area (Å²) in [5.41, 5.74) is 8.80. The van der Waals surface area contributed by atoms with Gasteiger partial charge in [0.2, 0.25) is 0 Å². The number of rotatable bonds is 4. The molecule has 0 fully saturated rings. The third kappa shape index (κ3) is 3.05. The van der Waals surface area contributed by atoms with Gasteiger partial charge in [-0.2, -0.15) is 0 Å². The monoisotopic (exact) mass is 284 g/mol. The molecule has 1 unspecified atom stereocenters. The van der Waals surface area contributed by atoms with Crippen molar-refractivity contribution < 1.29 is 9.47 Å². The van der Waals surface area contributed by atoms with Crippen LogP contribution in [-0.2, 0) is 0 Å². The SMILES string of the molecule is CCOc1cc(N)cc(NC2CCOc3ccccc32)c1. The van der Waals surface area contributed by atoms with Crippen LogP contribution >= 0.6 is 0 Å². The first-order valence-corrected chi connectivity index (χ1v) is 7.28. The van der Waals surface area contributed by atoms with Crippen LogP contribution in [0.4, 0.5) is 11.4 Å². The van der Waals surface area contributed by atoms with E-state index in [9.17, 15) is 0 Å². The summed E-state index contributed by atoms with van der Waals surface area (Å²) in [6, 6.07) is 14.1. The van der Waals surface area contributed by atoms with Gasteiger partial charge in [-0.15, -0.1) is 0 Å². The molecule has 0 bridgehead atoms. The molecule has 1 heterocycles. The maximum Gasteiger partial charge on any atom is 0.124 e. The van der Waals surface area contributed by atoms with Crippen LogP contribution in [0, 0.1) is 0 Å². The molecule has 1 aliphatic rings. The predicted molar refractivity (Wildman–Crippen MR) is 84.9 cm³/mol. The maximum absolute atomic E-state index is 5.94. The number of nitrogens with two attached hydrogens (primary N) is 1. The van der Waals surface area contributed by atoms with Crippen LogP contribution in [0.2, 0.25) is 0 Å². The molecule has 21 heavy (non-hydrogen) atoms. The zero-order chi connectivity index (χ0) is 14.7. The van der Waals surface area contributed by atoms with Gasteiger partial charge in [0.1, 0.15) is 11.5 Å². The molecule has 4 nitrogen and oxygen atoms in total. The highest BCUT2D eigenvalue weighted by Gasteiger charge is 2.20. The van der Waals surface area contributed by atoms with Crippen molar-refractivity contribution in [1.82, 2.24) is 0 Å². The lowest BCUT2D eigenvalue weighted by atomic mass is 10.0. The Kier molecular flexibility index (Phi) is 3.86. The quantitative estimate of drug-likeness (QED) is 0.842. The summed E-state index contributed by atoms with van der Waals surface area (Å²) >= 11 is 0. The molecule has 0 aliphatic carbocycles. The highest BCUT2D eigenvalue weighted by molar-refractivity contribution is 5.60. The fraction of sp³-hybridized carbons (Fsp3) is 0.294. The first kappa shape index (κ1) is 13.6. The molecule has 3 rings (SSSR count). The van der Waals surface area contributed by atoms with E-state index < -0.39 is 0 Å². The van der Waals surface area contributed by atoms with Crippen molar-refractivity contribution >= 4 is 11.4 Å². The van der Waals surface area contributed by atoms with Crippen molar-refractivity contribution in [2.75, 3.05) is 24.3 Å². The highest BCUT2D eigenvalue weighted by Crippen LogP contribution is 2.35. The fourth-order valence-corrected chi connectivity index (χ4v) is 2.65. The minimum Gasteiger partial charge on any atom is -0.494 e. The van der Waals surface area contributed by atoms with E-state index in [0.29, 0.717) is 12.3 Å². The van der Waals surface area contributed by atoms with Crippen molar-refractivity contribution in [1.29, 1.82) is 0 Å². The molecular weight excluding hydrogens is 264 g/mol. The summed E-state index contributed by atoms with van der Waals surface area (Å²) in [6.07, 6.45) is 0.926. The minimum absolute atomic E-state index is 0.228. The van der Waals surface area contributed by atoms with Gasteiger partial charge in [-0.05, 0) is 19.1 Å². The second-order valence-corrected chi connectivity index (χ2v) is 5.10. The Morgan fingerprint density at radius 1 is 1.29 bits per heavy atom. The Morgan fingerprint density at radius 3 is 3.00 bits per heavy atom. The minimum atomic E-state index is 0.228. The number of nitrogen functional groups attached to an aromatic ring is 1. The third-order valence-electron chi connectivity index (χ3n) is 3.54. The molecule has 4 heteroatoms. The first-order chi connectivity index (χ1) is 10.3. The van der Waals surface area contributed by atoms with Gasteiger partial charge in [-0.25, -0.2) is 0 Å². The highest BCUT2D eigenvalue weighted by atomic mass is 16.5. The van der Waals surface area contributed by atoms with Gasteiger partial charge in [0.15, 0.2) is 0 Å². The summed E-state index contributed by atoms with van der Waals surface area (Å²) in [5, 5.41) is 3.54. The van der Waals surface area contributed by atoms with E-state index >= 15 is 0 Å². The molecule has 0 saturated carbocycles. The molecule has 0 saturated heterocycles. The van der Waals surface area contributed by atoms with Gasteiger partial charge in [0.05, 0.1) is 19.3 Å². The Bertz CT molecular complexity index is 628. The van der Waals surface area contributed by atoms with Gasteiger partial charge >= 0.3 is 0 Å². The van der Waals surface area contributed by atoms with Crippen LogP contribution in [0.15, 0.2) is 42.5 Å². The van der Waals surface area contributed by atoms with Crippen molar-refractivity contribution in [2.45, 2.75) is 19.4 Å². The predicted octanol–water partition coefficient (Wildman–Crippen LogP) is 3.60. The third-order valence-corrected chi connectivity index (χ3v) is 3.54. The second kappa shape index (κ2) is 5.95. The fourth-order valence-electron chi connectivity index (χ4n) is 2.65. The molecule has 1 atom stereocenters. The summed E-state index contributed by atoms with van der Waals surface area (Å²) < 4.78 is 11.2. The molecular formula is C17H20N2O2. The number of anilines is 2. The lowest BCUT2D eigenvalue weighted by molar-refractivity contribution is 0.274. The Hall–Kier alpha value is -2.36. The van der Waals surface area contributed by atoms with E-state index in [2.05, 4.69) is 11.4 Å². The Morgan fingerprint density at radius 2 is 2.14 bits per heavy atom. The molecule has 1 aliphatic heterocycles. The summed E-state index contributed by atoms with van der Waals surface area (Å²) in [7, 11) is 0. The molecule has 0 aromatic heterocycles. The van der Waals surface area contributed by atoms with E-state index in [4.69, 9.17) is 15.2 Å². The average molecular weight is 284 g/mol. The average Bonchev–Trinajstić information content (AvgIpc) is 2.47. The first-order valence-electron chi connectivity index (χ1n) is 7.28. The number of benzene rings is 2. The van der Waals surface area contributed by atoms with Crippen LogP contribution in [0.25, 0.3) is 0 Å². The van der Waals surface area contributed by atoms with E-state index in [0.717, 1.165) is 30.2 Å². The van der Waals surface area contributed by atoms with E-state index in [1.165, 1.54) is 5.56 Å². The second-order valence-electron chi connectivity index (χ2n) is 5.10. The van der Waals surface area contributed by atoms with Crippen molar-refractivity contribution in [3.05, 3.63) is 48.0 Å². The molecule has 0 amide bonds. The van der Waals surface area contributed by atoms with Gasteiger partial charge < -0.3 is 20.5 Å². The number of para-hydroxylation sites is 1. The molecule has 0 spiro atoms. The molecule has 2 aromatic rings. The van der Waals surface area contributed by atoms with Gasteiger partial charge in [0, 0.05) is 35.5 Å². The van der Waals surface area contributed by atoms with E-state index in [-0.39, 0.29) is 6.04 Å². The summed E-state index contributed by atoms with van der Waals surface area (Å²) in [5.74, 6) is 1.75. The zero-order valence-electron chi connectivity index (χ0n) is 12.1. The smallest absolute Gasteiger partial charge is 0.124 e. The van der Waals surface area contributed by atoms with Gasteiger partial charge in [0.25, 0.3) is 0 Å². The van der Waals surface area contributed by atoms with Gasteiger partial charge in [-0.1, -0.05) is 18.2 Å². The Labute approximate surface area is 124 Å². The van der Waals surface area contributed by atoms with E-state index in [1.54, 1.807) is 0 Å². The van der Waals surface area contributed by atoms with Crippen molar-refractivity contribution in [2.24, 2.45) is 0 Å². The van der Waals surface area contributed by atoms with Gasteiger partial charge in [-0.3, -0.25) is 0 Å². The lowest BCUT2D eigenvalue weighted by Crippen LogP contribution is -2.20. The lowest BCUT2D eigenvalue weighted by Gasteiger charge is -2.27. The zero-order valence-corrected chi connectivity index (χ0v) is 12.1. The number of fused-ring (bicyclic) bond motifs is 1. The maximum atomic E-state index is 5.94. The Balaban J connectivity index is 1.84. The largest absolute Gasteiger partial charge is 0.494 e. The topological polar surface area (TPSA) is 56.5 Å². The number of hydrogen-bond acceptors (Lipinski definition) is 4. The molecule has 2 aromatic carbocycles. The number of hydrogen-bond donors (Lipinski definition) is 2. The normalized spacial score (nSPS) is 16.7. The van der Waals surface area contributed by atoms with Crippen LogP contribution in [0.5, 0.6) is 11.5 Å². The summed E-state index contributed by atoms with van der Waals surface area (Å²) in [6.45, 7) is 3.31. The van der Waals surface area contributed by atoms with Crippen LogP contribution in [0.3, 0.4) is 0 Å².